The van der Waals surface area contributed by atoms with Crippen LogP contribution >= 0.6 is 0 Å². The number of nitrogens with one attached hydrogen (secondary N) is 1. The number of allylic oxidation sites excluding steroid dienone is 3. The highest BCUT2D eigenvalue weighted by Gasteiger charge is 2.18. The molecule has 68 heavy (non-hydrogen) atoms. The Bertz CT molecular complexity index is 1060. The number of hydrogen-bond acceptors (Lipinski definition) is 5. The molecule has 0 fully saturated rings. The average molecular weight is 959 g/mol. The van der Waals surface area contributed by atoms with Gasteiger partial charge in [0, 0.05) is 12.8 Å². The Morgan fingerprint density at radius 2 is 0.691 bits per heavy atom. The molecule has 0 aromatic carbocycles. The first kappa shape index (κ1) is 66.3. The van der Waals surface area contributed by atoms with E-state index in [4.69, 9.17) is 4.74 Å². The second-order valence-corrected chi connectivity index (χ2v) is 21.0. The van der Waals surface area contributed by atoms with Crippen LogP contribution in [-0.4, -0.2) is 47.4 Å². The van der Waals surface area contributed by atoms with Crippen LogP contribution in [0.2, 0.25) is 0 Å². The molecule has 0 aromatic rings. The third-order valence-electron chi connectivity index (χ3n) is 14.2. The SMILES string of the molecule is CCCCCCCCCCCCCCCCCCCCC/C=C/C(O)C(CO)NC(=O)CCCCCCCCC/C=C\CCCCCCCCCCOC(=O)CCCCCCCCCCCCC. The predicted octanol–water partition coefficient (Wildman–Crippen LogP) is 19.0. The van der Waals surface area contributed by atoms with E-state index in [0.717, 1.165) is 51.4 Å². The zero-order chi connectivity index (χ0) is 49.3. The molecule has 0 aromatic heterocycles. The van der Waals surface area contributed by atoms with Gasteiger partial charge in [0.05, 0.1) is 25.4 Å². The average Bonchev–Trinajstić information content (AvgIpc) is 3.34. The largest absolute Gasteiger partial charge is 0.466 e. The number of unbranched alkanes of at least 4 members (excludes halogenated alkanes) is 44. The number of hydrogen-bond donors (Lipinski definition) is 3. The molecule has 0 spiro atoms. The quantitative estimate of drug-likeness (QED) is 0.0321. The Kier molecular flexibility index (Phi) is 56.5. The van der Waals surface area contributed by atoms with Crippen molar-refractivity contribution in [3.63, 3.8) is 0 Å². The van der Waals surface area contributed by atoms with Crippen LogP contribution in [-0.2, 0) is 14.3 Å². The molecular formula is C62H119NO5. The summed E-state index contributed by atoms with van der Waals surface area (Å²) in [6.07, 6.45) is 70.7. The molecular weight excluding hydrogens is 839 g/mol. The van der Waals surface area contributed by atoms with Gasteiger partial charge in [0.1, 0.15) is 0 Å². The summed E-state index contributed by atoms with van der Waals surface area (Å²) in [6, 6.07) is -0.635. The third kappa shape index (κ3) is 53.7. The van der Waals surface area contributed by atoms with Crippen LogP contribution in [0, 0.1) is 0 Å². The molecule has 6 heteroatoms. The summed E-state index contributed by atoms with van der Waals surface area (Å²) in [4.78, 5) is 24.5. The smallest absolute Gasteiger partial charge is 0.305 e. The summed E-state index contributed by atoms with van der Waals surface area (Å²) in [7, 11) is 0. The highest BCUT2D eigenvalue weighted by Crippen LogP contribution is 2.17. The Labute approximate surface area is 424 Å². The van der Waals surface area contributed by atoms with Crippen LogP contribution in [0.5, 0.6) is 0 Å². The Morgan fingerprint density at radius 1 is 0.397 bits per heavy atom. The normalized spacial score (nSPS) is 12.7. The Balaban J connectivity index is 3.48. The molecule has 0 bridgehead atoms. The molecule has 0 rings (SSSR count). The lowest BCUT2D eigenvalue weighted by atomic mass is 10.0. The standard InChI is InChI=1S/C62H119NO5/c1-3-5-7-9-11-13-15-16-17-18-19-20-22-25-28-31-35-38-42-46-50-54-60(65)59(58-64)63-61(66)55-51-47-43-39-36-32-29-26-23-21-24-27-30-33-37-41-45-49-53-57-68-62(67)56-52-48-44-40-34-14-12-10-8-6-4-2/h21,23,50,54,59-60,64-65H,3-20,22,24-49,51-53,55-58H2,1-2H3,(H,63,66)/b23-21-,54-50+. The van der Waals surface area contributed by atoms with Crippen molar-refractivity contribution in [2.45, 2.75) is 347 Å². The molecule has 0 saturated carbocycles. The summed E-state index contributed by atoms with van der Waals surface area (Å²) in [6.45, 7) is 4.91. The monoisotopic (exact) mass is 958 g/mol. The fourth-order valence-electron chi connectivity index (χ4n) is 9.51. The first-order valence-electron chi connectivity index (χ1n) is 30.6. The number of amides is 1. The van der Waals surface area contributed by atoms with Gasteiger partial charge in [-0.3, -0.25) is 9.59 Å². The third-order valence-corrected chi connectivity index (χ3v) is 14.2. The van der Waals surface area contributed by atoms with Gasteiger partial charge in [-0.25, -0.2) is 0 Å². The van der Waals surface area contributed by atoms with Gasteiger partial charge in [0.25, 0.3) is 0 Å². The van der Waals surface area contributed by atoms with Crippen molar-refractivity contribution in [1.29, 1.82) is 0 Å². The highest BCUT2D eigenvalue weighted by atomic mass is 16.5. The number of aliphatic hydroxyl groups excluding tert-OH is 2. The van der Waals surface area contributed by atoms with Crippen molar-refractivity contribution in [2.75, 3.05) is 13.2 Å². The number of ether oxygens (including phenoxy) is 1. The number of rotatable bonds is 57. The molecule has 2 unspecified atom stereocenters. The summed E-state index contributed by atoms with van der Waals surface area (Å²) in [5.41, 5.74) is 0. The fourth-order valence-corrected chi connectivity index (χ4v) is 9.51. The van der Waals surface area contributed by atoms with E-state index >= 15 is 0 Å². The zero-order valence-electron chi connectivity index (χ0n) is 45.9. The Morgan fingerprint density at radius 3 is 1.04 bits per heavy atom. The van der Waals surface area contributed by atoms with Crippen molar-refractivity contribution >= 4 is 11.9 Å². The van der Waals surface area contributed by atoms with Gasteiger partial charge >= 0.3 is 5.97 Å². The van der Waals surface area contributed by atoms with Gasteiger partial charge in [-0.15, -0.1) is 0 Å². The van der Waals surface area contributed by atoms with Gasteiger partial charge < -0.3 is 20.3 Å². The van der Waals surface area contributed by atoms with Crippen molar-refractivity contribution in [3.05, 3.63) is 24.3 Å². The van der Waals surface area contributed by atoms with Gasteiger partial charge in [0.2, 0.25) is 5.91 Å². The minimum absolute atomic E-state index is 0.00326. The summed E-state index contributed by atoms with van der Waals surface area (Å²) in [5.74, 6) is -0.0714. The fraction of sp³-hybridized carbons (Fsp3) is 0.903. The van der Waals surface area contributed by atoms with E-state index in [1.165, 1.54) is 257 Å². The minimum atomic E-state index is -0.851. The van der Waals surface area contributed by atoms with E-state index in [2.05, 4.69) is 31.3 Å². The number of aliphatic hydroxyl groups is 2. The van der Waals surface area contributed by atoms with E-state index in [9.17, 15) is 19.8 Å². The number of carbonyl (C=O) groups excluding carboxylic acids is 2. The highest BCUT2D eigenvalue weighted by molar-refractivity contribution is 5.76. The van der Waals surface area contributed by atoms with Crippen LogP contribution < -0.4 is 5.32 Å². The van der Waals surface area contributed by atoms with Crippen LogP contribution in [0.4, 0.5) is 0 Å². The first-order valence-corrected chi connectivity index (χ1v) is 30.6. The topological polar surface area (TPSA) is 95.9 Å². The van der Waals surface area contributed by atoms with Gasteiger partial charge in [-0.05, 0) is 57.8 Å². The van der Waals surface area contributed by atoms with E-state index in [1.807, 2.05) is 6.08 Å². The van der Waals surface area contributed by atoms with E-state index < -0.39 is 12.1 Å². The maximum Gasteiger partial charge on any atom is 0.305 e. The lowest BCUT2D eigenvalue weighted by Gasteiger charge is -2.20. The molecule has 0 aliphatic rings. The zero-order valence-corrected chi connectivity index (χ0v) is 45.9. The molecule has 0 saturated heterocycles. The van der Waals surface area contributed by atoms with Crippen LogP contribution in [0.3, 0.4) is 0 Å². The second-order valence-electron chi connectivity index (χ2n) is 21.0. The lowest BCUT2D eigenvalue weighted by molar-refractivity contribution is -0.143. The molecule has 6 nitrogen and oxygen atoms in total. The van der Waals surface area contributed by atoms with Crippen molar-refractivity contribution in [3.8, 4) is 0 Å². The summed E-state index contributed by atoms with van der Waals surface area (Å²) < 4.78 is 5.46. The van der Waals surface area contributed by atoms with E-state index in [1.54, 1.807) is 6.08 Å². The molecule has 402 valence electrons. The van der Waals surface area contributed by atoms with E-state index in [0.29, 0.717) is 19.4 Å². The van der Waals surface area contributed by atoms with Crippen LogP contribution in [0.15, 0.2) is 24.3 Å². The van der Waals surface area contributed by atoms with Crippen molar-refractivity contribution in [1.82, 2.24) is 5.32 Å². The lowest BCUT2D eigenvalue weighted by Crippen LogP contribution is -2.45. The molecule has 2 atom stereocenters. The maximum absolute atomic E-state index is 12.5. The molecule has 0 aliphatic heterocycles. The summed E-state index contributed by atoms with van der Waals surface area (Å²) in [5, 5.41) is 23.2. The van der Waals surface area contributed by atoms with Crippen LogP contribution in [0.25, 0.3) is 0 Å². The molecule has 0 radical (unpaired) electrons. The molecule has 0 heterocycles. The number of esters is 1. The van der Waals surface area contributed by atoms with Gasteiger partial charge in [0.15, 0.2) is 0 Å². The van der Waals surface area contributed by atoms with Gasteiger partial charge in [-0.2, -0.15) is 0 Å². The van der Waals surface area contributed by atoms with E-state index in [-0.39, 0.29) is 18.5 Å². The maximum atomic E-state index is 12.5. The molecule has 1 amide bonds. The van der Waals surface area contributed by atoms with Crippen molar-refractivity contribution in [2.24, 2.45) is 0 Å². The molecule has 3 N–H and O–H groups in total. The minimum Gasteiger partial charge on any atom is -0.466 e. The van der Waals surface area contributed by atoms with Gasteiger partial charge in [-0.1, -0.05) is 289 Å². The predicted molar refractivity (Wildman–Crippen MR) is 296 cm³/mol. The summed E-state index contributed by atoms with van der Waals surface area (Å²) >= 11 is 0. The number of carbonyl (C=O) groups is 2. The first-order chi connectivity index (χ1) is 33.5. The van der Waals surface area contributed by atoms with Crippen LogP contribution in [0.1, 0.15) is 335 Å². The molecule has 0 aliphatic carbocycles. The Hall–Kier alpha value is -1.66. The van der Waals surface area contributed by atoms with Crippen molar-refractivity contribution < 1.29 is 24.5 Å². The second kappa shape index (κ2) is 57.9.